The van der Waals surface area contributed by atoms with E-state index in [1.165, 1.54) is 31.8 Å². The van der Waals surface area contributed by atoms with Gasteiger partial charge in [-0.15, -0.1) is 0 Å². The Kier molecular flexibility index (Phi) is 0.680. The van der Waals surface area contributed by atoms with E-state index in [1.807, 2.05) is 0 Å². The summed E-state index contributed by atoms with van der Waals surface area (Å²) in [6, 6.07) is 0. The van der Waals surface area contributed by atoms with E-state index in [0.29, 0.717) is 6.10 Å². The number of rotatable bonds is 0. The molecule has 2 bridgehead atoms. The average Bonchev–Trinajstić information content (AvgIpc) is 2.22. The highest BCUT2D eigenvalue weighted by atomic mass is 16.5. The van der Waals surface area contributed by atoms with Gasteiger partial charge in [0.1, 0.15) is 0 Å². The summed E-state index contributed by atoms with van der Waals surface area (Å²) >= 11 is 0. The molecule has 2 fully saturated rings. The molecule has 0 aromatic rings. The van der Waals surface area contributed by atoms with Crippen molar-refractivity contribution in [2.24, 2.45) is 0 Å². The second-order valence-corrected chi connectivity index (χ2v) is 2.36. The summed E-state index contributed by atoms with van der Waals surface area (Å²) in [7, 11) is 0. The molecule has 0 saturated carbocycles. The van der Waals surface area contributed by atoms with E-state index < -0.39 is 0 Å². The third-order valence-electron chi connectivity index (χ3n) is 1.82. The van der Waals surface area contributed by atoms with Crippen LogP contribution >= 0.6 is 0 Å². The lowest BCUT2D eigenvalue weighted by Gasteiger charge is -1.99. The van der Waals surface area contributed by atoms with Crippen molar-refractivity contribution in [3.05, 3.63) is 6.10 Å². The minimum Gasteiger partial charge on any atom is -0.369 e. The fraction of sp³-hybridized carbons (Fsp3) is 0.833. The largest absolute Gasteiger partial charge is 0.369 e. The van der Waals surface area contributed by atoms with Crippen LogP contribution in [0.3, 0.4) is 0 Å². The second-order valence-electron chi connectivity index (χ2n) is 2.36. The number of fused-ring (bicyclic) bond motifs is 2. The highest BCUT2D eigenvalue weighted by molar-refractivity contribution is 4.95. The van der Waals surface area contributed by atoms with Gasteiger partial charge in [0.05, 0.1) is 12.2 Å². The molecule has 2 saturated heterocycles. The summed E-state index contributed by atoms with van der Waals surface area (Å²) in [5.74, 6) is 0. The van der Waals surface area contributed by atoms with Gasteiger partial charge in [-0.3, -0.25) is 0 Å². The maximum absolute atomic E-state index is 5.39. The topological polar surface area (TPSA) is 9.23 Å². The summed E-state index contributed by atoms with van der Waals surface area (Å²) in [6.07, 6.45) is 7.11. The summed E-state index contributed by atoms with van der Waals surface area (Å²) in [6.45, 7) is 0. The Morgan fingerprint density at radius 2 is 2.00 bits per heavy atom. The zero-order valence-electron chi connectivity index (χ0n) is 4.31. The molecule has 7 heavy (non-hydrogen) atoms. The van der Waals surface area contributed by atoms with Crippen LogP contribution in [0, 0.1) is 6.10 Å². The van der Waals surface area contributed by atoms with Gasteiger partial charge in [-0.25, -0.2) is 0 Å². The maximum Gasteiger partial charge on any atom is 0.0976 e. The molecule has 2 aliphatic heterocycles. The lowest BCUT2D eigenvalue weighted by Crippen LogP contribution is -1.96. The molecule has 0 unspecified atom stereocenters. The molecule has 1 heteroatoms. The van der Waals surface area contributed by atoms with Gasteiger partial charge in [0.15, 0.2) is 0 Å². The zero-order chi connectivity index (χ0) is 4.69. The first kappa shape index (κ1) is 3.90. The normalized spacial score (nSPS) is 32.6. The number of hydrogen-bond acceptors (Lipinski definition) is 1. The van der Waals surface area contributed by atoms with Crippen molar-refractivity contribution in [1.82, 2.24) is 0 Å². The van der Waals surface area contributed by atoms with Crippen molar-refractivity contribution in [1.29, 1.82) is 0 Å². The molecule has 0 amide bonds. The monoisotopic (exact) mass is 97.1 g/mol. The minimum absolute atomic E-state index is 0.634. The molecule has 0 spiro atoms. The predicted molar refractivity (Wildman–Crippen MR) is 26.6 cm³/mol. The molecule has 0 aliphatic carbocycles. The summed E-state index contributed by atoms with van der Waals surface area (Å²) < 4.78 is 5.39. The Labute approximate surface area is 43.7 Å². The Morgan fingerprint density at radius 3 is 2.14 bits per heavy atom. The van der Waals surface area contributed by atoms with Gasteiger partial charge in [0, 0.05) is 0 Å². The van der Waals surface area contributed by atoms with Crippen molar-refractivity contribution in [2.45, 2.75) is 31.8 Å². The van der Waals surface area contributed by atoms with Crippen molar-refractivity contribution in [2.75, 3.05) is 0 Å². The van der Waals surface area contributed by atoms with E-state index >= 15 is 0 Å². The van der Waals surface area contributed by atoms with E-state index in [0.717, 1.165) is 0 Å². The van der Waals surface area contributed by atoms with Crippen LogP contribution in [0.25, 0.3) is 0 Å². The highest BCUT2D eigenvalue weighted by Gasteiger charge is 2.32. The Hall–Kier alpha value is -0.0400. The number of ether oxygens (including phenoxy) is 1. The van der Waals surface area contributed by atoms with Crippen LogP contribution in [0.4, 0.5) is 0 Å². The van der Waals surface area contributed by atoms with Gasteiger partial charge in [-0.2, -0.15) is 0 Å². The van der Waals surface area contributed by atoms with Crippen LogP contribution in [0.5, 0.6) is 0 Å². The first-order valence-corrected chi connectivity index (χ1v) is 2.96. The van der Waals surface area contributed by atoms with Gasteiger partial charge in [-0.05, 0) is 25.7 Å². The van der Waals surface area contributed by atoms with Gasteiger partial charge in [0.2, 0.25) is 0 Å². The van der Waals surface area contributed by atoms with Crippen molar-refractivity contribution in [3.8, 4) is 0 Å². The average molecular weight is 97.1 g/mol. The zero-order valence-corrected chi connectivity index (χ0v) is 4.31. The van der Waals surface area contributed by atoms with Gasteiger partial charge in [0.25, 0.3) is 0 Å². The molecule has 1 nitrogen and oxygen atoms in total. The van der Waals surface area contributed by atoms with E-state index in [4.69, 9.17) is 4.74 Å². The van der Waals surface area contributed by atoms with Crippen LogP contribution in [0.1, 0.15) is 25.7 Å². The summed E-state index contributed by atoms with van der Waals surface area (Å²) in [5.41, 5.74) is 0. The molecule has 2 rings (SSSR count). The molecule has 39 valence electrons. The van der Waals surface area contributed by atoms with Crippen LogP contribution in [-0.4, -0.2) is 6.10 Å². The first-order valence-electron chi connectivity index (χ1n) is 2.96. The van der Waals surface area contributed by atoms with E-state index in [9.17, 15) is 0 Å². The maximum atomic E-state index is 5.39. The molecular weight excluding hydrogens is 88.1 g/mol. The lowest BCUT2D eigenvalue weighted by molar-refractivity contribution is 0.166. The third kappa shape index (κ3) is 0.480. The highest BCUT2D eigenvalue weighted by Crippen LogP contribution is 2.39. The Bertz CT molecular complexity index is 62.2. The van der Waals surface area contributed by atoms with Gasteiger partial charge < -0.3 is 4.74 Å². The molecule has 0 aromatic carbocycles. The fourth-order valence-electron chi connectivity index (χ4n) is 1.38. The Morgan fingerprint density at radius 1 is 1.29 bits per heavy atom. The smallest absolute Gasteiger partial charge is 0.0976 e. The van der Waals surface area contributed by atoms with Crippen LogP contribution in [0.2, 0.25) is 0 Å². The molecular formula is C6H9O. The van der Waals surface area contributed by atoms with Crippen molar-refractivity contribution in [3.63, 3.8) is 0 Å². The van der Waals surface area contributed by atoms with E-state index in [2.05, 4.69) is 0 Å². The predicted octanol–water partition coefficient (Wildman–Crippen LogP) is 1.49. The van der Waals surface area contributed by atoms with E-state index in [-0.39, 0.29) is 0 Å². The molecule has 0 atom stereocenters. The third-order valence-corrected chi connectivity index (χ3v) is 1.82. The standard InChI is InChI=1S/C6H9O/c1-2-6-4-3-5(1)7-6/h5H,1-4H2. The summed E-state index contributed by atoms with van der Waals surface area (Å²) in [4.78, 5) is 0. The molecule has 0 aromatic heterocycles. The lowest BCUT2D eigenvalue weighted by atomic mass is 10.0. The molecule has 0 N–H and O–H groups in total. The fourth-order valence-corrected chi connectivity index (χ4v) is 1.38. The van der Waals surface area contributed by atoms with Crippen LogP contribution < -0.4 is 0 Å². The SMILES string of the molecule is C1CC2CC[C]1O2. The molecule has 1 radical (unpaired) electrons. The summed E-state index contributed by atoms with van der Waals surface area (Å²) in [5, 5.41) is 0. The van der Waals surface area contributed by atoms with Gasteiger partial charge >= 0.3 is 0 Å². The second kappa shape index (κ2) is 1.22. The minimum atomic E-state index is 0.634. The van der Waals surface area contributed by atoms with E-state index in [1.54, 1.807) is 0 Å². The number of hydrogen-bond donors (Lipinski definition) is 0. The van der Waals surface area contributed by atoms with Gasteiger partial charge in [-0.1, -0.05) is 0 Å². The molecule has 2 aliphatic rings. The molecule has 2 heterocycles. The van der Waals surface area contributed by atoms with Crippen LogP contribution in [-0.2, 0) is 4.74 Å². The first-order chi connectivity index (χ1) is 3.45. The van der Waals surface area contributed by atoms with Crippen molar-refractivity contribution >= 4 is 0 Å². The quantitative estimate of drug-likeness (QED) is 0.445. The van der Waals surface area contributed by atoms with Crippen molar-refractivity contribution < 1.29 is 4.74 Å². The Balaban J connectivity index is 2.12. The van der Waals surface area contributed by atoms with Crippen LogP contribution in [0.15, 0.2) is 0 Å².